The highest BCUT2D eigenvalue weighted by Gasteiger charge is 2.26. The molecule has 0 saturated carbocycles. The van der Waals surface area contributed by atoms with Gasteiger partial charge in [-0.05, 0) is 38.1 Å². The predicted octanol–water partition coefficient (Wildman–Crippen LogP) is 3.76. The van der Waals surface area contributed by atoms with Gasteiger partial charge < -0.3 is 4.74 Å². The van der Waals surface area contributed by atoms with Crippen molar-refractivity contribution in [1.29, 1.82) is 0 Å². The third-order valence-electron chi connectivity index (χ3n) is 4.75. The highest BCUT2D eigenvalue weighted by Crippen LogP contribution is 2.26. The van der Waals surface area contributed by atoms with Crippen LogP contribution >= 0.6 is 0 Å². The first-order valence-electron chi connectivity index (χ1n) is 9.51. The second-order valence-electron chi connectivity index (χ2n) is 6.89. The molecule has 0 aliphatic carbocycles. The first kappa shape index (κ1) is 20.5. The monoisotopic (exact) mass is 435 g/mol. The maximum atomic E-state index is 13.1. The van der Waals surface area contributed by atoms with E-state index in [9.17, 15) is 8.42 Å². The summed E-state index contributed by atoms with van der Waals surface area (Å²) in [7, 11) is -2.35. The molecule has 9 heteroatoms. The molecule has 158 valence electrons. The Morgan fingerprint density at radius 1 is 0.935 bits per heavy atom. The molecule has 0 aliphatic heterocycles. The van der Waals surface area contributed by atoms with Gasteiger partial charge in [-0.2, -0.15) is 5.10 Å². The first-order chi connectivity index (χ1) is 14.9. The molecular weight excluding hydrogens is 414 g/mol. The maximum absolute atomic E-state index is 13.1. The van der Waals surface area contributed by atoms with Gasteiger partial charge in [0.2, 0.25) is 0 Å². The number of aromatic nitrogens is 4. The van der Waals surface area contributed by atoms with Gasteiger partial charge in [-0.1, -0.05) is 36.4 Å². The molecule has 8 nitrogen and oxygen atoms in total. The average Bonchev–Trinajstić information content (AvgIpc) is 3.09. The van der Waals surface area contributed by atoms with Gasteiger partial charge in [0.1, 0.15) is 10.6 Å². The second kappa shape index (κ2) is 8.19. The number of benzene rings is 2. The highest BCUT2D eigenvalue weighted by atomic mass is 32.2. The maximum Gasteiger partial charge on any atom is 0.265 e. The van der Waals surface area contributed by atoms with Crippen LogP contribution in [0.2, 0.25) is 0 Å². The summed E-state index contributed by atoms with van der Waals surface area (Å²) in [5, 5.41) is 12.9. The van der Waals surface area contributed by atoms with Crippen LogP contribution < -0.4 is 9.46 Å². The van der Waals surface area contributed by atoms with Crippen molar-refractivity contribution in [2.75, 3.05) is 11.8 Å². The number of nitrogens with zero attached hydrogens (tertiary/aromatic N) is 4. The Morgan fingerprint density at radius 2 is 1.71 bits per heavy atom. The molecule has 0 atom stereocenters. The molecule has 0 fully saturated rings. The lowest BCUT2D eigenvalue weighted by Gasteiger charge is -2.10. The fourth-order valence-corrected chi connectivity index (χ4v) is 4.78. The Kier molecular flexibility index (Phi) is 5.43. The van der Waals surface area contributed by atoms with Crippen molar-refractivity contribution in [3.8, 4) is 22.8 Å². The van der Waals surface area contributed by atoms with Crippen molar-refractivity contribution >= 4 is 15.7 Å². The lowest BCUT2D eigenvalue weighted by atomic mass is 10.1. The summed E-state index contributed by atoms with van der Waals surface area (Å²) in [6.45, 7) is 3.34. The minimum atomic E-state index is -3.88. The van der Waals surface area contributed by atoms with Crippen LogP contribution in [-0.4, -0.2) is 35.5 Å². The molecule has 1 N–H and O–H groups in total. The summed E-state index contributed by atoms with van der Waals surface area (Å²) in [5.74, 6) is 0.987. The molecule has 0 saturated heterocycles. The molecule has 4 rings (SSSR count). The Balaban J connectivity index is 1.67. The first-order valence-corrected chi connectivity index (χ1v) is 11.0. The van der Waals surface area contributed by atoms with E-state index in [-0.39, 0.29) is 4.90 Å². The number of rotatable bonds is 6. The van der Waals surface area contributed by atoms with Gasteiger partial charge in [-0.25, -0.2) is 13.1 Å². The molecule has 0 spiro atoms. The van der Waals surface area contributed by atoms with E-state index in [2.05, 4.69) is 20.0 Å². The Bertz CT molecular complexity index is 1320. The van der Waals surface area contributed by atoms with E-state index in [4.69, 9.17) is 4.74 Å². The molecule has 0 aliphatic rings. The van der Waals surface area contributed by atoms with Crippen molar-refractivity contribution < 1.29 is 13.2 Å². The molecule has 0 bridgehead atoms. The number of anilines is 1. The van der Waals surface area contributed by atoms with Crippen LogP contribution in [0.4, 0.5) is 5.69 Å². The van der Waals surface area contributed by atoms with E-state index in [0.29, 0.717) is 28.6 Å². The van der Waals surface area contributed by atoms with Gasteiger partial charge in [-0.15, -0.1) is 10.2 Å². The zero-order chi connectivity index (χ0) is 22.0. The number of methoxy groups -OCH3 is 1. The third-order valence-corrected chi connectivity index (χ3v) is 6.39. The number of aryl methyl sites for hydroxylation is 1. The molecular formula is C22H21N5O3S. The topological polar surface area (TPSA) is 99.0 Å². The zero-order valence-electron chi connectivity index (χ0n) is 17.3. The van der Waals surface area contributed by atoms with Crippen molar-refractivity contribution in [3.63, 3.8) is 0 Å². The largest absolute Gasteiger partial charge is 0.497 e. The van der Waals surface area contributed by atoms with E-state index in [1.807, 2.05) is 36.4 Å². The molecule has 0 radical (unpaired) electrons. The Labute approximate surface area is 180 Å². The highest BCUT2D eigenvalue weighted by molar-refractivity contribution is 7.92. The zero-order valence-corrected chi connectivity index (χ0v) is 18.1. The van der Waals surface area contributed by atoms with Gasteiger partial charge in [0.15, 0.2) is 5.82 Å². The van der Waals surface area contributed by atoms with Crippen LogP contribution in [0.25, 0.3) is 17.1 Å². The molecule has 2 heterocycles. The average molecular weight is 436 g/mol. The lowest BCUT2D eigenvalue weighted by molar-refractivity contribution is 0.415. The van der Waals surface area contributed by atoms with E-state index >= 15 is 0 Å². The number of hydrogen-bond donors (Lipinski definition) is 1. The second-order valence-corrected chi connectivity index (χ2v) is 8.51. The molecule has 4 aromatic rings. The number of nitrogens with one attached hydrogen (secondary N) is 1. The summed E-state index contributed by atoms with van der Waals surface area (Å²) in [5.41, 5.74) is 2.87. The summed E-state index contributed by atoms with van der Waals surface area (Å²) in [6, 6.07) is 20.0. The molecule has 2 aromatic heterocycles. The smallest absolute Gasteiger partial charge is 0.265 e. The summed E-state index contributed by atoms with van der Waals surface area (Å²) in [4.78, 5) is 0.101. The van der Waals surface area contributed by atoms with E-state index in [1.165, 1.54) is 11.8 Å². The Hall–Kier alpha value is -3.72. The van der Waals surface area contributed by atoms with Crippen molar-refractivity contribution in [1.82, 2.24) is 20.0 Å². The van der Waals surface area contributed by atoms with Gasteiger partial charge >= 0.3 is 0 Å². The van der Waals surface area contributed by atoms with E-state index < -0.39 is 10.0 Å². The number of ether oxygens (including phenoxy) is 1. The number of sulfonamides is 1. The van der Waals surface area contributed by atoms with Crippen LogP contribution in [0.15, 0.2) is 71.6 Å². The van der Waals surface area contributed by atoms with Crippen LogP contribution in [0.3, 0.4) is 0 Å². The standard InChI is InChI=1S/C22H21N5O3S/c1-15-22(31(28,29)26-18-10-7-11-19(14-18)30-3)16(2)27(25-15)21-13-12-20(23-24-21)17-8-5-4-6-9-17/h4-14,26H,1-3H3. The van der Waals surface area contributed by atoms with Crippen molar-refractivity contribution in [2.45, 2.75) is 18.7 Å². The SMILES string of the molecule is COc1cccc(NS(=O)(=O)c2c(C)nn(-c3ccc(-c4ccccc4)nn3)c2C)c1. The van der Waals surface area contributed by atoms with E-state index in [0.717, 1.165) is 11.3 Å². The van der Waals surface area contributed by atoms with Crippen LogP contribution in [0, 0.1) is 13.8 Å². The molecule has 31 heavy (non-hydrogen) atoms. The fourth-order valence-electron chi connectivity index (χ4n) is 3.33. The predicted molar refractivity (Wildman–Crippen MR) is 118 cm³/mol. The van der Waals surface area contributed by atoms with Crippen LogP contribution in [0.5, 0.6) is 5.75 Å². The van der Waals surface area contributed by atoms with Gasteiger partial charge in [0.05, 0.1) is 29.9 Å². The van der Waals surface area contributed by atoms with Crippen LogP contribution in [0.1, 0.15) is 11.4 Å². The molecule has 2 aromatic carbocycles. The summed E-state index contributed by atoms with van der Waals surface area (Å²) >= 11 is 0. The number of hydrogen-bond acceptors (Lipinski definition) is 6. The Morgan fingerprint density at radius 3 is 2.39 bits per heavy atom. The minimum absolute atomic E-state index is 0.101. The van der Waals surface area contributed by atoms with Crippen molar-refractivity contribution in [2.24, 2.45) is 0 Å². The van der Waals surface area contributed by atoms with E-state index in [1.54, 1.807) is 44.2 Å². The molecule has 0 amide bonds. The van der Waals surface area contributed by atoms with Crippen molar-refractivity contribution in [3.05, 3.63) is 78.1 Å². The van der Waals surface area contributed by atoms with Gasteiger partial charge in [0.25, 0.3) is 10.0 Å². The quantitative estimate of drug-likeness (QED) is 0.495. The van der Waals surface area contributed by atoms with Gasteiger partial charge in [-0.3, -0.25) is 4.72 Å². The lowest BCUT2D eigenvalue weighted by Crippen LogP contribution is -2.15. The fraction of sp³-hybridized carbons (Fsp3) is 0.136. The third kappa shape index (κ3) is 4.13. The van der Waals surface area contributed by atoms with Crippen LogP contribution in [-0.2, 0) is 10.0 Å². The summed E-state index contributed by atoms with van der Waals surface area (Å²) < 4.78 is 35.4. The normalized spacial score (nSPS) is 11.3. The van der Waals surface area contributed by atoms with Gasteiger partial charge in [0, 0.05) is 11.6 Å². The minimum Gasteiger partial charge on any atom is -0.497 e. The summed E-state index contributed by atoms with van der Waals surface area (Å²) in [6.07, 6.45) is 0. The molecule has 0 unspecified atom stereocenters.